The molecule has 0 aromatic rings. The zero-order valence-electron chi connectivity index (χ0n) is 16.7. The molecule has 0 heterocycles. The zero-order chi connectivity index (χ0) is 18.7. The molecule has 1 unspecified atom stereocenters. The van der Waals surface area contributed by atoms with Crippen LogP contribution in [-0.2, 0) is 9.53 Å². The second kappa shape index (κ2) is 5.84. The highest BCUT2D eigenvalue weighted by Gasteiger charge is 2.65. The Balaban J connectivity index is 2.06. The molecule has 0 saturated heterocycles. The molecule has 3 saturated carbocycles. The molecule has 1 N–H and O–H groups in total. The van der Waals surface area contributed by atoms with Crippen LogP contribution in [-0.4, -0.2) is 22.8 Å². The summed E-state index contributed by atoms with van der Waals surface area (Å²) < 4.78 is 5.86. The number of carbonyl (C=O) groups is 1. The first-order chi connectivity index (χ1) is 11.5. The van der Waals surface area contributed by atoms with Gasteiger partial charge in [-0.3, -0.25) is 4.79 Å². The summed E-state index contributed by atoms with van der Waals surface area (Å²) in [7, 11) is 0. The summed E-state index contributed by atoms with van der Waals surface area (Å²) in [6.07, 6.45) is 8.67. The number of rotatable bonds is 2. The summed E-state index contributed by atoms with van der Waals surface area (Å²) in [6.45, 7) is 14.8. The molecule has 0 aromatic heterocycles. The van der Waals surface area contributed by atoms with E-state index in [4.69, 9.17) is 4.74 Å². The highest BCUT2D eigenvalue weighted by molar-refractivity contribution is 5.66. The molecule has 3 fully saturated rings. The molecule has 3 nitrogen and oxygen atoms in total. The van der Waals surface area contributed by atoms with Gasteiger partial charge in [0.2, 0.25) is 0 Å². The predicted molar refractivity (Wildman–Crippen MR) is 100.0 cm³/mol. The van der Waals surface area contributed by atoms with E-state index in [2.05, 4.69) is 34.3 Å². The largest absolute Gasteiger partial charge is 0.462 e. The molecule has 0 spiro atoms. The van der Waals surface area contributed by atoms with Gasteiger partial charge in [-0.15, -0.1) is 6.58 Å². The molecule has 142 valence electrons. The summed E-state index contributed by atoms with van der Waals surface area (Å²) >= 11 is 0. The van der Waals surface area contributed by atoms with E-state index in [1.165, 1.54) is 19.8 Å². The third-order valence-electron chi connectivity index (χ3n) is 7.99. The van der Waals surface area contributed by atoms with Gasteiger partial charge in [-0.2, -0.15) is 0 Å². The van der Waals surface area contributed by atoms with Crippen LogP contribution in [0.4, 0.5) is 0 Å². The molecular formula is C22H36O3. The third-order valence-corrected chi connectivity index (χ3v) is 7.99. The van der Waals surface area contributed by atoms with Crippen LogP contribution in [0.1, 0.15) is 79.6 Å². The summed E-state index contributed by atoms with van der Waals surface area (Å²) in [6, 6.07) is 0. The number of esters is 1. The maximum Gasteiger partial charge on any atom is 0.302 e. The lowest BCUT2D eigenvalue weighted by atomic mass is 9.41. The SMILES string of the molecule is C=C[C@]1(C)CC(OC(C)=O)[C@H]2[C@@](O)(CC[C@H]3C(C)(C)CCC[C@@]32C)C1. The number of carbonyl (C=O) groups excluding carboxylic acids is 1. The number of hydrogen-bond acceptors (Lipinski definition) is 3. The van der Waals surface area contributed by atoms with E-state index in [1.54, 1.807) is 0 Å². The fourth-order valence-electron chi connectivity index (χ4n) is 7.22. The van der Waals surface area contributed by atoms with Gasteiger partial charge >= 0.3 is 5.97 Å². The maximum atomic E-state index is 11.9. The maximum absolute atomic E-state index is 11.9. The Hall–Kier alpha value is -0.830. The van der Waals surface area contributed by atoms with Gasteiger partial charge < -0.3 is 9.84 Å². The van der Waals surface area contributed by atoms with Crippen molar-refractivity contribution in [3.63, 3.8) is 0 Å². The number of fused-ring (bicyclic) bond motifs is 3. The van der Waals surface area contributed by atoms with Crippen LogP contribution in [0.15, 0.2) is 12.7 Å². The van der Waals surface area contributed by atoms with Crippen molar-refractivity contribution in [1.82, 2.24) is 0 Å². The Kier molecular flexibility index (Phi) is 4.42. The van der Waals surface area contributed by atoms with Gasteiger partial charge in [0, 0.05) is 12.8 Å². The van der Waals surface area contributed by atoms with Gasteiger partial charge in [0.15, 0.2) is 0 Å². The lowest BCUT2D eigenvalue weighted by Crippen LogP contribution is -2.66. The molecule has 0 bridgehead atoms. The molecular weight excluding hydrogens is 312 g/mol. The monoisotopic (exact) mass is 348 g/mol. The minimum Gasteiger partial charge on any atom is -0.462 e. The average molecular weight is 349 g/mol. The van der Waals surface area contributed by atoms with Crippen molar-refractivity contribution in [2.24, 2.45) is 28.1 Å². The lowest BCUT2D eigenvalue weighted by molar-refractivity contribution is -0.243. The van der Waals surface area contributed by atoms with E-state index in [9.17, 15) is 9.90 Å². The lowest BCUT2D eigenvalue weighted by Gasteiger charge is -2.65. The smallest absolute Gasteiger partial charge is 0.302 e. The minimum absolute atomic E-state index is 0.0234. The normalized spacial score (nSPS) is 48.8. The fourth-order valence-corrected chi connectivity index (χ4v) is 7.22. The third kappa shape index (κ3) is 2.97. The van der Waals surface area contributed by atoms with Crippen LogP contribution in [0.3, 0.4) is 0 Å². The summed E-state index contributed by atoms with van der Waals surface area (Å²) in [5.41, 5.74) is -0.635. The zero-order valence-corrected chi connectivity index (χ0v) is 16.7. The van der Waals surface area contributed by atoms with Crippen molar-refractivity contribution in [3.05, 3.63) is 12.7 Å². The molecule has 0 aromatic carbocycles. The number of ether oxygens (including phenoxy) is 1. The summed E-state index contributed by atoms with van der Waals surface area (Å²) in [5.74, 6) is 0.363. The van der Waals surface area contributed by atoms with Crippen LogP contribution in [0.25, 0.3) is 0 Å². The van der Waals surface area contributed by atoms with E-state index < -0.39 is 5.60 Å². The van der Waals surface area contributed by atoms with Crippen molar-refractivity contribution in [2.75, 3.05) is 0 Å². The van der Waals surface area contributed by atoms with Crippen LogP contribution in [0, 0.1) is 28.1 Å². The van der Waals surface area contributed by atoms with E-state index >= 15 is 0 Å². The predicted octanol–water partition coefficient (Wildman–Crippen LogP) is 4.88. The molecule has 25 heavy (non-hydrogen) atoms. The van der Waals surface area contributed by atoms with E-state index in [1.807, 2.05) is 6.08 Å². The van der Waals surface area contributed by atoms with Crippen molar-refractivity contribution in [2.45, 2.75) is 91.3 Å². The highest BCUT2D eigenvalue weighted by Crippen LogP contribution is 2.66. The van der Waals surface area contributed by atoms with Crippen molar-refractivity contribution >= 4 is 5.97 Å². The highest BCUT2D eigenvalue weighted by atomic mass is 16.5. The van der Waals surface area contributed by atoms with Gasteiger partial charge in [-0.25, -0.2) is 0 Å². The van der Waals surface area contributed by atoms with E-state index in [-0.39, 0.29) is 34.2 Å². The Morgan fingerprint density at radius 1 is 1.20 bits per heavy atom. The Morgan fingerprint density at radius 3 is 2.48 bits per heavy atom. The Bertz CT molecular complexity index is 568. The van der Waals surface area contributed by atoms with Gasteiger partial charge in [0.25, 0.3) is 0 Å². The number of aliphatic hydroxyl groups is 1. The van der Waals surface area contributed by atoms with Gasteiger partial charge in [0.1, 0.15) is 6.10 Å². The molecule has 3 rings (SSSR count). The first-order valence-electron chi connectivity index (χ1n) is 9.99. The average Bonchev–Trinajstić information content (AvgIpc) is 2.43. The standard InChI is InChI=1S/C22H36O3/c1-7-20(5)13-16(25-15(2)23)18-21(6)11-8-10-19(3,4)17(21)9-12-22(18,24)14-20/h7,16-18,24H,1,8-14H2,2-6H3/t16?,17-,18+,20+,21-,22+/m0/s1. The van der Waals surface area contributed by atoms with Crippen LogP contribution >= 0.6 is 0 Å². The topological polar surface area (TPSA) is 46.5 Å². The number of hydrogen-bond donors (Lipinski definition) is 1. The van der Waals surface area contributed by atoms with Crippen LogP contribution in [0.2, 0.25) is 0 Å². The first kappa shape index (κ1) is 18.9. The van der Waals surface area contributed by atoms with Crippen molar-refractivity contribution in [3.8, 4) is 0 Å². The molecule has 0 amide bonds. The fraction of sp³-hybridized carbons (Fsp3) is 0.864. The quantitative estimate of drug-likeness (QED) is 0.571. The molecule has 3 aliphatic rings. The second-order valence-corrected chi connectivity index (χ2v) is 10.4. The Labute approximate surface area is 153 Å². The molecule has 6 atom stereocenters. The van der Waals surface area contributed by atoms with Gasteiger partial charge in [-0.1, -0.05) is 40.2 Å². The minimum atomic E-state index is -0.764. The summed E-state index contributed by atoms with van der Waals surface area (Å²) in [4.78, 5) is 11.9. The van der Waals surface area contributed by atoms with Crippen LogP contribution in [0.5, 0.6) is 0 Å². The first-order valence-corrected chi connectivity index (χ1v) is 9.99. The van der Waals surface area contributed by atoms with Gasteiger partial charge in [0.05, 0.1) is 5.60 Å². The molecule has 3 heteroatoms. The van der Waals surface area contributed by atoms with Crippen molar-refractivity contribution in [1.29, 1.82) is 0 Å². The van der Waals surface area contributed by atoms with Crippen LogP contribution < -0.4 is 0 Å². The Morgan fingerprint density at radius 2 is 1.88 bits per heavy atom. The number of allylic oxidation sites excluding steroid dienone is 1. The van der Waals surface area contributed by atoms with E-state index in [0.717, 1.165) is 32.1 Å². The van der Waals surface area contributed by atoms with Gasteiger partial charge in [-0.05, 0) is 60.7 Å². The molecule has 0 aliphatic heterocycles. The molecule has 3 aliphatic carbocycles. The second-order valence-electron chi connectivity index (χ2n) is 10.4. The summed E-state index contributed by atoms with van der Waals surface area (Å²) in [5, 5.41) is 11.8. The molecule has 0 radical (unpaired) electrons. The van der Waals surface area contributed by atoms with E-state index in [0.29, 0.717) is 5.92 Å². The van der Waals surface area contributed by atoms with Crippen molar-refractivity contribution < 1.29 is 14.6 Å².